The van der Waals surface area contributed by atoms with Crippen molar-refractivity contribution >= 4 is 11.3 Å². The summed E-state index contributed by atoms with van der Waals surface area (Å²) in [5.74, 6) is 0.877. The highest BCUT2D eigenvalue weighted by atomic mass is 32.1. The van der Waals surface area contributed by atoms with E-state index in [1.165, 1.54) is 5.56 Å². The number of para-hydroxylation sites is 1. The first-order chi connectivity index (χ1) is 10.1. The zero-order valence-corrected chi connectivity index (χ0v) is 13.6. The van der Waals surface area contributed by atoms with Crippen LogP contribution in [0.25, 0.3) is 0 Å². The molecular weight excluding hydrogens is 282 g/mol. The number of ether oxygens (including phenoxy) is 1. The first-order valence-corrected chi connectivity index (χ1v) is 8.14. The summed E-state index contributed by atoms with van der Waals surface area (Å²) in [6.07, 6.45) is -0.523. The Morgan fingerprint density at radius 1 is 1.24 bits per heavy atom. The van der Waals surface area contributed by atoms with E-state index in [2.05, 4.69) is 29.1 Å². The Morgan fingerprint density at radius 2 is 1.95 bits per heavy atom. The van der Waals surface area contributed by atoms with Crippen LogP contribution < -0.4 is 10.1 Å². The van der Waals surface area contributed by atoms with Crippen LogP contribution >= 0.6 is 11.3 Å². The lowest BCUT2D eigenvalue weighted by Gasteiger charge is -2.18. The Labute approximate surface area is 130 Å². The number of aryl methyl sites for hydroxylation is 2. The van der Waals surface area contributed by atoms with Crippen LogP contribution in [0.2, 0.25) is 0 Å². The highest BCUT2D eigenvalue weighted by Crippen LogP contribution is 2.22. The van der Waals surface area contributed by atoms with Crippen LogP contribution in [0.1, 0.15) is 29.7 Å². The van der Waals surface area contributed by atoms with E-state index in [1.807, 2.05) is 32.0 Å². The molecule has 0 saturated carbocycles. The van der Waals surface area contributed by atoms with Gasteiger partial charge in [-0.25, -0.2) is 0 Å². The molecule has 0 radical (unpaired) electrons. The summed E-state index contributed by atoms with van der Waals surface area (Å²) < 4.78 is 5.76. The van der Waals surface area contributed by atoms with E-state index in [0.717, 1.165) is 16.9 Å². The lowest BCUT2D eigenvalue weighted by atomic mass is 10.1. The number of hydrogen-bond acceptors (Lipinski definition) is 4. The standard InChI is InChI=1S/C17H23NO2S/c1-12-5-4-6-13(2)17(12)20-10-16(19)9-18-14(3)15-7-8-21-11-15/h4-8,11,14,16,18-19H,9-10H2,1-3H3. The average Bonchev–Trinajstić information content (AvgIpc) is 2.98. The molecule has 114 valence electrons. The van der Waals surface area contributed by atoms with Gasteiger partial charge in [-0.05, 0) is 54.3 Å². The molecule has 1 heterocycles. The molecule has 2 atom stereocenters. The molecule has 3 nitrogen and oxygen atoms in total. The zero-order chi connectivity index (χ0) is 15.2. The van der Waals surface area contributed by atoms with Gasteiger partial charge in [-0.2, -0.15) is 11.3 Å². The monoisotopic (exact) mass is 305 g/mol. The van der Waals surface area contributed by atoms with Crippen molar-refractivity contribution < 1.29 is 9.84 Å². The number of thiophene rings is 1. The maximum absolute atomic E-state index is 10.1. The SMILES string of the molecule is Cc1cccc(C)c1OCC(O)CNC(C)c1ccsc1. The predicted octanol–water partition coefficient (Wildman–Crippen LogP) is 3.46. The van der Waals surface area contributed by atoms with E-state index in [1.54, 1.807) is 11.3 Å². The minimum atomic E-state index is -0.523. The third-order valence-corrected chi connectivity index (χ3v) is 4.23. The summed E-state index contributed by atoms with van der Waals surface area (Å²) in [5, 5.41) is 17.6. The minimum Gasteiger partial charge on any atom is -0.490 e. The second kappa shape index (κ2) is 7.59. The Morgan fingerprint density at radius 3 is 2.57 bits per heavy atom. The van der Waals surface area contributed by atoms with Gasteiger partial charge in [0.05, 0.1) is 0 Å². The molecule has 2 aromatic rings. The molecule has 0 aliphatic carbocycles. The third-order valence-electron chi connectivity index (χ3n) is 3.53. The number of rotatable bonds is 7. The van der Waals surface area contributed by atoms with E-state index >= 15 is 0 Å². The Bertz CT molecular complexity index is 534. The summed E-state index contributed by atoms with van der Waals surface area (Å²) >= 11 is 1.69. The molecule has 0 aliphatic rings. The first kappa shape index (κ1) is 16.0. The molecule has 2 unspecified atom stereocenters. The number of nitrogens with one attached hydrogen (secondary N) is 1. The molecule has 0 saturated heterocycles. The topological polar surface area (TPSA) is 41.5 Å². The van der Waals surface area contributed by atoms with Crippen LogP contribution in [0, 0.1) is 13.8 Å². The van der Waals surface area contributed by atoms with Crippen molar-refractivity contribution in [3.05, 3.63) is 51.7 Å². The fourth-order valence-electron chi connectivity index (χ4n) is 2.22. The second-order valence-corrected chi connectivity index (χ2v) is 6.15. The number of aliphatic hydroxyl groups is 1. The van der Waals surface area contributed by atoms with E-state index in [0.29, 0.717) is 13.2 Å². The molecule has 21 heavy (non-hydrogen) atoms. The van der Waals surface area contributed by atoms with Crippen molar-refractivity contribution in [1.29, 1.82) is 0 Å². The fourth-order valence-corrected chi connectivity index (χ4v) is 2.97. The second-order valence-electron chi connectivity index (χ2n) is 5.37. The average molecular weight is 305 g/mol. The summed E-state index contributed by atoms with van der Waals surface area (Å²) in [5.41, 5.74) is 3.45. The summed E-state index contributed by atoms with van der Waals surface area (Å²) in [6.45, 7) is 6.95. The van der Waals surface area contributed by atoms with Gasteiger partial charge in [0, 0.05) is 12.6 Å². The van der Waals surface area contributed by atoms with E-state index < -0.39 is 6.10 Å². The van der Waals surface area contributed by atoms with E-state index in [4.69, 9.17) is 4.74 Å². The van der Waals surface area contributed by atoms with Gasteiger partial charge >= 0.3 is 0 Å². The fraction of sp³-hybridized carbons (Fsp3) is 0.412. The molecule has 1 aromatic heterocycles. The quantitative estimate of drug-likeness (QED) is 0.823. The van der Waals surface area contributed by atoms with Crippen molar-refractivity contribution in [2.24, 2.45) is 0 Å². The third kappa shape index (κ3) is 4.56. The van der Waals surface area contributed by atoms with Crippen LogP contribution in [0.4, 0.5) is 0 Å². The molecule has 2 rings (SSSR count). The highest BCUT2D eigenvalue weighted by molar-refractivity contribution is 7.07. The lowest BCUT2D eigenvalue weighted by Crippen LogP contribution is -2.33. The highest BCUT2D eigenvalue weighted by Gasteiger charge is 2.11. The van der Waals surface area contributed by atoms with E-state index in [9.17, 15) is 5.11 Å². The van der Waals surface area contributed by atoms with Crippen LogP contribution in [-0.4, -0.2) is 24.4 Å². The zero-order valence-electron chi connectivity index (χ0n) is 12.8. The van der Waals surface area contributed by atoms with Crippen molar-refractivity contribution in [1.82, 2.24) is 5.32 Å². The maximum Gasteiger partial charge on any atom is 0.125 e. The van der Waals surface area contributed by atoms with Gasteiger partial charge in [-0.3, -0.25) is 0 Å². The van der Waals surface area contributed by atoms with Crippen molar-refractivity contribution in [3.63, 3.8) is 0 Å². The molecule has 0 spiro atoms. The van der Waals surface area contributed by atoms with Gasteiger partial charge < -0.3 is 15.2 Å². The predicted molar refractivity (Wildman–Crippen MR) is 88.2 cm³/mol. The van der Waals surface area contributed by atoms with Crippen molar-refractivity contribution in [3.8, 4) is 5.75 Å². The van der Waals surface area contributed by atoms with Gasteiger partial charge in [0.1, 0.15) is 18.5 Å². The summed E-state index contributed by atoms with van der Waals surface area (Å²) in [7, 11) is 0. The Kier molecular flexibility index (Phi) is 5.79. The van der Waals surface area contributed by atoms with Gasteiger partial charge in [0.15, 0.2) is 0 Å². The number of hydrogen-bond donors (Lipinski definition) is 2. The number of benzene rings is 1. The van der Waals surface area contributed by atoms with Crippen LogP contribution in [0.3, 0.4) is 0 Å². The van der Waals surface area contributed by atoms with E-state index in [-0.39, 0.29) is 6.04 Å². The lowest BCUT2D eigenvalue weighted by molar-refractivity contribution is 0.103. The number of aliphatic hydroxyl groups excluding tert-OH is 1. The molecule has 0 fully saturated rings. The molecule has 0 amide bonds. The first-order valence-electron chi connectivity index (χ1n) is 7.20. The molecule has 1 aromatic carbocycles. The van der Waals surface area contributed by atoms with Gasteiger partial charge in [0.25, 0.3) is 0 Å². The van der Waals surface area contributed by atoms with Crippen LogP contribution in [0.15, 0.2) is 35.0 Å². The maximum atomic E-state index is 10.1. The summed E-state index contributed by atoms with van der Waals surface area (Å²) in [4.78, 5) is 0. The van der Waals surface area contributed by atoms with Crippen LogP contribution in [-0.2, 0) is 0 Å². The smallest absolute Gasteiger partial charge is 0.125 e. The van der Waals surface area contributed by atoms with Gasteiger partial charge in [-0.15, -0.1) is 0 Å². The van der Waals surface area contributed by atoms with Gasteiger partial charge in [-0.1, -0.05) is 18.2 Å². The Balaban J connectivity index is 1.78. The normalized spacial score (nSPS) is 13.9. The molecule has 4 heteroatoms. The van der Waals surface area contributed by atoms with Crippen LogP contribution in [0.5, 0.6) is 5.75 Å². The summed E-state index contributed by atoms with van der Waals surface area (Å²) in [6, 6.07) is 8.39. The van der Waals surface area contributed by atoms with Crippen molar-refractivity contribution in [2.75, 3.05) is 13.2 Å². The van der Waals surface area contributed by atoms with Gasteiger partial charge in [0.2, 0.25) is 0 Å². The molecular formula is C17H23NO2S. The largest absolute Gasteiger partial charge is 0.490 e. The molecule has 0 bridgehead atoms. The van der Waals surface area contributed by atoms with Crippen molar-refractivity contribution in [2.45, 2.75) is 32.9 Å². The minimum absolute atomic E-state index is 0.242. The Hall–Kier alpha value is -1.36. The molecule has 0 aliphatic heterocycles. The molecule has 2 N–H and O–H groups in total.